The molecule has 0 saturated carbocycles. The number of ether oxygens (including phenoxy) is 2. The molecule has 3 nitrogen and oxygen atoms in total. The summed E-state index contributed by atoms with van der Waals surface area (Å²) in [5.74, 6) is -0.437. The number of benzene rings is 2. The second-order valence-electron chi connectivity index (χ2n) is 6.61. The summed E-state index contributed by atoms with van der Waals surface area (Å²) in [5, 5.41) is 0. The van der Waals surface area contributed by atoms with Crippen LogP contribution in [0.25, 0.3) is 0 Å². The van der Waals surface area contributed by atoms with Crippen molar-refractivity contribution < 1.29 is 9.47 Å². The van der Waals surface area contributed by atoms with Crippen LogP contribution in [0.3, 0.4) is 0 Å². The van der Waals surface area contributed by atoms with Crippen molar-refractivity contribution in [3.63, 3.8) is 0 Å². The molecule has 2 atom stereocenters. The van der Waals surface area contributed by atoms with Crippen LogP contribution in [-0.2, 0) is 9.47 Å². The molecule has 2 aliphatic rings. The van der Waals surface area contributed by atoms with E-state index < -0.39 is 5.79 Å². The largest absolute Gasteiger partial charge is 0.339 e. The van der Waals surface area contributed by atoms with Crippen molar-refractivity contribution in [2.24, 2.45) is 0 Å². The minimum absolute atomic E-state index is 0.0398. The molecule has 2 aromatic rings. The summed E-state index contributed by atoms with van der Waals surface area (Å²) in [5.41, 5.74) is 2.38. The lowest BCUT2D eigenvalue weighted by atomic mass is 9.99. The Bertz CT molecular complexity index is 586. The first-order valence-corrected chi connectivity index (χ1v) is 8.40. The van der Waals surface area contributed by atoms with Crippen LogP contribution < -0.4 is 0 Å². The Morgan fingerprint density at radius 3 is 1.65 bits per heavy atom. The van der Waals surface area contributed by atoms with Crippen LogP contribution in [0, 0.1) is 0 Å². The molecule has 0 aliphatic carbocycles. The molecule has 2 saturated heterocycles. The molecular weight excluding hydrogens is 286 g/mol. The molecule has 2 aromatic carbocycles. The van der Waals surface area contributed by atoms with Crippen molar-refractivity contribution in [1.82, 2.24) is 4.90 Å². The molecule has 23 heavy (non-hydrogen) atoms. The monoisotopic (exact) mass is 309 g/mol. The molecule has 2 unspecified atom stereocenters. The van der Waals surface area contributed by atoms with Gasteiger partial charge in [-0.25, -0.2) is 0 Å². The van der Waals surface area contributed by atoms with Gasteiger partial charge in [-0.3, -0.25) is 0 Å². The number of hydrogen-bond acceptors (Lipinski definition) is 3. The van der Waals surface area contributed by atoms with Gasteiger partial charge in [-0.2, -0.15) is 0 Å². The zero-order chi connectivity index (χ0) is 15.7. The lowest BCUT2D eigenvalue weighted by Gasteiger charge is -2.36. The Labute approximate surface area is 137 Å². The molecule has 0 N–H and O–H groups in total. The van der Waals surface area contributed by atoms with E-state index in [2.05, 4.69) is 60.5 Å². The van der Waals surface area contributed by atoms with E-state index in [1.807, 2.05) is 12.1 Å². The maximum atomic E-state index is 6.54. The topological polar surface area (TPSA) is 21.7 Å². The molecule has 2 fully saturated rings. The maximum Gasteiger partial charge on any atom is 0.172 e. The fraction of sp³-hybridized carbons (Fsp3) is 0.400. The van der Waals surface area contributed by atoms with Crippen molar-refractivity contribution >= 4 is 0 Å². The van der Waals surface area contributed by atoms with Crippen LogP contribution in [0.1, 0.15) is 36.2 Å². The van der Waals surface area contributed by atoms with Crippen LogP contribution in [0.15, 0.2) is 60.7 Å². The number of nitrogens with zero attached hydrogens (tertiary/aromatic N) is 1. The van der Waals surface area contributed by atoms with E-state index in [0.29, 0.717) is 0 Å². The van der Waals surface area contributed by atoms with E-state index in [-0.39, 0.29) is 12.2 Å². The average molecular weight is 309 g/mol. The summed E-state index contributed by atoms with van der Waals surface area (Å²) in [4.78, 5) is 2.34. The third-order valence-corrected chi connectivity index (χ3v) is 4.96. The standard InChI is InChI=1S/C20H23NO2/c1-21-14-12-20(13-15-21)22-18(16-8-4-2-5-9-16)19(23-20)17-10-6-3-7-11-17/h2-11,18-19H,12-15H2,1H3. The third kappa shape index (κ3) is 2.92. The Morgan fingerprint density at radius 1 is 0.783 bits per heavy atom. The van der Waals surface area contributed by atoms with Crippen molar-refractivity contribution in [3.05, 3.63) is 71.8 Å². The second-order valence-corrected chi connectivity index (χ2v) is 6.61. The number of hydrogen-bond donors (Lipinski definition) is 0. The van der Waals surface area contributed by atoms with Gasteiger partial charge in [0.2, 0.25) is 0 Å². The van der Waals surface area contributed by atoms with Gasteiger partial charge in [0.25, 0.3) is 0 Å². The van der Waals surface area contributed by atoms with E-state index in [1.54, 1.807) is 0 Å². The van der Waals surface area contributed by atoms with E-state index in [9.17, 15) is 0 Å². The van der Waals surface area contributed by atoms with Gasteiger partial charge in [0.15, 0.2) is 5.79 Å². The molecule has 0 aromatic heterocycles. The van der Waals surface area contributed by atoms with E-state index in [1.165, 1.54) is 11.1 Å². The Balaban J connectivity index is 1.67. The highest BCUT2D eigenvalue weighted by Crippen LogP contribution is 2.50. The SMILES string of the molecule is CN1CCC2(CC1)OC(c1ccccc1)C(c1ccccc1)O2. The summed E-state index contributed by atoms with van der Waals surface area (Å²) in [6.07, 6.45) is 1.77. The zero-order valence-electron chi connectivity index (χ0n) is 13.5. The third-order valence-electron chi connectivity index (χ3n) is 4.96. The van der Waals surface area contributed by atoms with Crippen LogP contribution in [0.4, 0.5) is 0 Å². The highest BCUT2D eigenvalue weighted by Gasteiger charge is 2.49. The smallest absolute Gasteiger partial charge is 0.172 e. The average Bonchev–Trinajstić information content (AvgIpc) is 2.99. The molecular formula is C20H23NO2. The fourth-order valence-corrected chi connectivity index (χ4v) is 3.58. The molecule has 2 aliphatic heterocycles. The van der Waals surface area contributed by atoms with Crippen molar-refractivity contribution in [2.75, 3.05) is 20.1 Å². The van der Waals surface area contributed by atoms with Crippen LogP contribution in [-0.4, -0.2) is 30.8 Å². The highest BCUT2D eigenvalue weighted by atomic mass is 16.8. The number of likely N-dealkylation sites (tertiary alicyclic amines) is 1. The van der Waals surface area contributed by atoms with E-state index in [0.717, 1.165) is 25.9 Å². The molecule has 2 heterocycles. The van der Waals surface area contributed by atoms with E-state index >= 15 is 0 Å². The molecule has 0 radical (unpaired) electrons. The molecule has 0 amide bonds. The molecule has 0 bridgehead atoms. The van der Waals surface area contributed by atoms with Gasteiger partial charge >= 0.3 is 0 Å². The van der Waals surface area contributed by atoms with Gasteiger partial charge in [-0.05, 0) is 18.2 Å². The number of piperidine rings is 1. The zero-order valence-corrected chi connectivity index (χ0v) is 13.5. The normalized spacial score (nSPS) is 27.3. The quantitative estimate of drug-likeness (QED) is 0.839. The summed E-state index contributed by atoms with van der Waals surface area (Å²) in [6, 6.07) is 20.9. The predicted molar refractivity (Wildman–Crippen MR) is 90.0 cm³/mol. The van der Waals surface area contributed by atoms with Crippen molar-refractivity contribution in [3.8, 4) is 0 Å². The van der Waals surface area contributed by atoms with Crippen LogP contribution >= 0.6 is 0 Å². The fourth-order valence-electron chi connectivity index (χ4n) is 3.58. The first-order valence-electron chi connectivity index (χ1n) is 8.40. The predicted octanol–water partition coefficient (Wildman–Crippen LogP) is 3.94. The van der Waals surface area contributed by atoms with Gasteiger partial charge in [0.1, 0.15) is 12.2 Å². The Kier molecular flexibility index (Phi) is 3.93. The lowest BCUT2D eigenvalue weighted by Crippen LogP contribution is -2.43. The summed E-state index contributed by atoms with van der Waals surface area (Å²) in [7, 11) is 2.16. The second kappa shape index (κ2) is 6.08. The lowest BCUT2D eigenvalue weighted by molar-refractivity contribution is -0.201. The summed E-state index contributed by atoms with van der Waals surface area (Å²) >= 11 is 0. The van der Waals surface area contributed by atoms with E-state index in [4.69, 9.17) is 9.47 Å². The van der Waals surface area contributed by atoms with Gasteiger partial charge in [0, 0.05) is 25.9 Å². The first-order chi connectivity index (χ1) is 11.3. The van der Waals surface area contributed by atoms with Gasteiger partial charge in [-0.1, -0.05) is 60.7 Å². The first kappa shape index (κ1) is 14.9. The Morgan fingerprint density at radius 2 is 1.22 bits per heavy atom. The summed E-state index contributed by atoms with van der Waals surface area (Å²) < 4.78 is 13.1. The van der Waals surface area contributed by atoms with Gasteiger partial charge in [0.05, 0.1) is 0 Å². The molecule has 120 valence electrons. The minimum atomic E-state index is -0.437. The molecule has 4 rings (SSSR count). The highest BCUT2D eigenvalue weighted by molar-refractivity contribution is 5.26. The van der Waals surface area contributed by atoms with Gasteiger partial charge < -0.3 is 14.4 Å². The van der Waals surface area contributed by atoms with Crippen molar-refractivity contribution in [1.29, 1.82) is 0 Å². The molecule has 1 spiro atoms. The summed E-state index contributed by atoms with van der Waals surface area (Å²) in [6.45, 7) is 2.03. The Hall–Kier alpha value is -1.68. The van der Waals surface area contributed by atoms with Crippen molar-refractivity contribution in [2.45, 2.75) is 30.8 Å². The van der Waals surface area contributed by atoms with Gasteiger partial charge in [-0.15, -0.1) is 0 Å². The maximum absolute atomic E-state index is 6.54. The molecule has 3 heteroatoms. The van der Waals surface area contributed by atoms with Crippen LogP contribution in [0.5, 0.6) is 0 Å². The number of rotatable bonds is 2. The van der Waals surface area contributed by atoms with Crippen LogP contribution in [0.2, 0.25) is 0 Å². The minimum Gasteiger partial charge on any atom is -0.339 e.